The van der Waals surface area contributed by atoms with Crippen LogP contribution in [0.5, 0.6) is 0 Å². The summed E-state index contributed by atoms with van der Waals surface area (Å²) >= 11 is 1.78. The molecule has 0 radical (unpaired) electrons. The number of hydrogen-bond acceptors (Lipinski definition) is 10. The fraction of sp³-hybridized carbons (Fsp3) is 0.857. The number of aliphatic carboxylic acids is 1. The molecule has 13 nitrogen and oxygen atoms in total. The Morgan fingerprint density at radius 1 is 1.07 bits per heavy atom. The van der Waals surface area contributed by atoms with Crippen molar-refractivity contribution in [2.45, 2.75) is 114 Å². The van der Waals surface area contributed by atoms with Crippen molar-refractivity contribution in [3.63, 3.8) is 0 Å². The van der Waals surface area contributed by atoms with E-state index in [4.69, 9.17) is 9.47 Å². The summed E-state index contributed by atoms with van der Waals surface area (Å²) in [7, 11) is 0. The molecule has 6 atom stereocenters. The van der Waals surface area contributed by atoms with Crippen molar-refractivity contribution in [3.8, 4) is 0 Å². The fourth-order valence-electron chi connectivity index (χ4n) is 6.94. The molecule has 3 rings (SSSR count). The minimum atomic E-state index is -2.41. The molecule has 3 aliphatic rings. The van der Waals surface area contributed by atoms with Gasteiger partial charge in [0.1, 0.15) is 17.8 Å². The number of thioether (sulfide) groups is 1. The highest BCUT2D eigenvalue weighted by atomic mass is 32.2. The number of carboxylic acid groups (broad SMARTS) is 1. The average Bonchev–Trinajstić information content (AvgIpc) is 3.45. The third-order valence-corrected chi connectivity index (χ3v) is 12.3. The first-order valence-electron chi connectivity index (χ1n) is 14.3. The zero-order chi connectivity index (χ0) is 31.9. The molecule has 7 N–H and O–H groups in total. The first-order valence-corrected chi connectivity index (χ1v) is 15.3. The van der Waals surface area contributed by atoms with Gasteiger partial charge in [0.2, 0.25) is 11.5 Å². The third-order valence-electron chi connectivity index (χ3n) is 10.8. The number of rotatable bonds is 12. The predicted octanol–water partition coefficient (Wildman–Crippen LogP) is 0.531. The molecule has 0 spiro atoms. The number of aliphatic hydroxyl groups excluding tert-OH is 2. The van der Waals surface area contributed by atoms with Crippen LogP contribution >= 0.6 is 11.8 Å². The molecule has 42 heavy (non-hydrogen) atoms. The summed E-state index contributed by atoms with van der Waals surface area (Å²) in [6.07, 6.45) is 2.04. The van der Waals surface area contributed by atoms with Gasteiger partial charge in [0.15, 0.2) is 0 Å². The maximum atomic E-state index is 13.1. The average molecular weight is 618 g/mol. The smallest absolute Gasteiger partial charge is 0.340 e. The van der Waals surface area contributed by atoms with Gasteiger partial charge in [0.25, 0.3) is 0 Å². The van der Waals surface area contributed by atoms with Gasteiger partial charge >= 0.3 is 18.0 Å². The molecule has 0 aromatic carbocycles. The van der Waals surface area contributed by atoms with Crippen molar-refractivity contribution in [1.82, 2.24) is 16.0 Å². The number of carboxylic acids is 1. The van der Waals surface area contributed by atoms with Crippen molar-refractivity contribution in [3.05, 3.63) is 0 Å². The second-order valence-electron chi connectivity index (χ2n) is 13.2. The number of esters is 1. The van der Waals surface area contributed by atoms with E-state index in [1.165, 1.54) is 13.8 Å². The molecule has 3 aliphatic heterocycles. The van der Waals surface area contributed by atoms with Crippen molar-refractivity contribution in [1.29, 1.82) is 0 Å². The second-order valence-corrected chi connectivity index (χ2v) is 14.5. The number of aliphatic hydroxyl groups is 3. The first kappa shape index (κ1) is 34.4. The summed E-state index contributed by atoms with van der Waals surface area (Å²) < 4.78 is 11.9. The van der Waals surface area contributed by atoms with Gasteiger partial charge in [0, 0.05) is 29.8 Å². The second kappa shape index (κ2) is 11.8. The number of ether oxygens (including phenoxy) is 2. The SMILES string of the molecule is CC(=O)N[C@]1(C)C(C)(C)C(C)(C)[C@](COC(=O)CCCCC2SC[C@@H]3NC(=O)N[C@H]23)(C(=O)O)OC1(C)C(O)(CO)CO. The van der Waals surface area contributed by atoms with E-state index in [2.05, 4.69) is 16.0 Å². The Bertz CT molecular complexity index is 1080. The molecular formula is C28H47N3O10S. The van der Waals surface area contributed by atoms with Crippen LogP contribution in [0, 0.1) is 10.8 Å². The van der Waals surface area contributed by atoms with Gasteiger partial charge in [-0.15, -0.1) is 0 Å². The maximum Gasteiger partial charge on any atom is 0.340 e. The highest BCUT2D eigenvalue weighted by Crippen LogP contribution is 2.64. The molecule has 14 heteroatoms. The van der Waals surface area contributed by atoms with Gasteiger partial charge < -0.3 is 45.9 Å². The Morgan fingerprint density at radius 2 is 1.69 bits per heavy atom. The Hall–Kier alpha value is -2.13. The molecule has 3 amide bonds. The van der Waals surface area contributed by atoms with Crippen LogP contribution in [0.15, 0.2) is 0 Å². The number of unbranched alkanes of at least 4 members (excludes halogenated alkanes) is 1. The lowest BCUT2D eigenvalue weighted by atomic mass is 9.44. The van der Waals surface area contributed by atoms with E-state index in [0.717, 1.165) is 12.2 Å². The molecule has 3 heterocycles. The summed E-state index contributed by atoms with van der Waals surface area (Å²) in [5.41, 5.74) is -10.8. The Kier molecular flexibility index (Phi) is 9.62. The molecule has 0 bridgehead atoms. The highest BCUT2D eigenvalue weighted by Gasteiger charge is 2.78. The van der Waals surface area contributed by atoms with Crippen LogP contribution in [0.1, 0.15) is 74.1 Å². The molecule has 2 unspecified atom stereocenters. The first-order chi connectivity index (χ1) is 19.3. The van der Waals surface area contributed by atoms with E-state index < -0.39 is 70.8 Å². The minimum Gasteiger partial charge on any atom is -0.479 e. The van der Waals surface area contributed by atoms with Crippen molar-refractivity contribution in [2.75, 3.05) is 25.6 Å². The van der Waals surface area contributed by atoms with Crippen molar-refractivity contribution >= 4 is 35.6 Å². The predicted molar refractivity (Wildman–Crippen MR) is 154 cm³/mol. The van der Waals surface area contributed by atoms with E-state index >= 15 is 0 Å². The minimum absolute atomic E-state index is 0.0354. The van der Waals surface area contributed by atoms with Gasteiger partial charge in [-0.2, -0.15) is 11.8 Å². The van der Waals surface area contributed by atoms with Crippen molar-refractivity contribution in [2.24, 2.45) is 10.8 Å². The maximum absolute atomic E-state index is 13.1. The van der Waals surface area contributed by atoms with Crippen LogP contribution < -0.4 is 16.0 Å². The molecule has 0 aliphatic carbocycles. The van der Waals surface area contributed by atoms with E-state index in [0.29, 0.717) is 12.8 Å². The number of hydrogen-bond donors (Lipinski definition) is 7. The standard InChI is InChI=1S/C28H47N3O10S/c1-16(34)31-25(6)23(2,3)24(4,5)28(21(36)37,41-26(25,7)27(39,13-32)14-33)15-40-19(35)11-9-8-10-18-20-17(12-42-18)29-22(38)30-20/h17-18,20,32-33,39H,8-15H2,1-7H3,(H,31,34)(H,36,37)(H2,29,30,38)/t17-,18?,20-,25+,26?,28-/m0/s1. The van der Waals surface area contributed by atoms with Crippen LogP contribution in [0.2, 0.25) is 0 Å². The topological polar surface area (TPSA) is 204 Å². The Balaban J connectivity index is 1.81. The molecule has 3 saturated heterocycles. The summed E-state index contributed by atoms with van der Waals surface area (Å²) in [6.45, 7) is 8.07. The van der Waals surface area contributed by atoms with Gasteiger partial charge in [-0.3, -0.25) is 9.59 Å². The fourth-order valence-corrected chi connectivity index (χ4v) is 8.48. The summed E-state index contributed by atoms with van der Waals surface area (Å²) in [5.74, 6) is -1.76. The number of nitrogens with one attached hydrogen (secondary N) is 3. The lowest BCUT2D eigenvalue weighted by Gasteiger charge is -2.71. The molecule has 0 saturated carbocycles. The van der Waals surface area contributed by atoms with Gasteiger partial charge in [0.05, 0.1) is 30.8 Å². The van der Waals surface area contributed by atoms with Crippen molar-refractivity contribution < 1.29 is 49.1 Å². The summed E-state index contributed by atoms with van der Waals surface area (Å²) in [4.78, 5) is 50.0. The van der Waals surface area contributed by atoms with Gasteiger partial charge in [-0.25, -0.2) is 9.59 Å². The van der Waals surface area contributed by atoms with E-state index in [1.807, 2.05) is 0 Å². The molecule has 240 valence electrons. The monoisotopic (exact) mass is 617 g/mol. The zero-order valence-corrected chi connectivity index (χ0v) is 26.4. The number of carbonyl (C=O) groups excluding carboxylic acids is 3. The van der Waals surface area contributed by atoms with E-state index in [-0.39, 0.29) is 29.8 Å². The lowest BCUT2D eigenvalue weighted by Crippen LogP contribution is -2.88. The van der Waals surface area contributed by atoms with E-state index in [9.17, 15) is 39.6 Å². The van der Waals surface area contributed by atoms with Crippen LogP contribution in [0.25, 0.3) is 0 Å². The number of fused-ring (bicyclic) bond motifs is 1. The van der Waals surface area contributed by atoms with Crippen LogP contribution in [0.3, 0.4) is 0 Å². The van der Waals surface area contributed by atoms with Crippen LogP contribution in [0.4, 0.5) is 4.79 Å². The largest absolute Gasteiger partial charge is 0.479 e. The van der Waals surface area contributed by atoms with Gasteiger partial charge in [-0.05, 0) is 32.1 Å². The molecular weight excluding hydrogens is 570 g/mol. The van der Waals surface area contributed by atoms with Crippen LogP contribution in [-0.4, -0.2) is 110 Å². The summed E-state index contributed by atoms with van der Waals surface area (Å²) in [6, 6.07) is 0.0142. The third kappa shape index (κ3) is 5.16. The number of urea groups is 1. The van der Waals surface area contributed by atoms with E-state index in [1.54, 1.807) is 46.4 Å². The molecule has 0 aromatic heterocycles. The van der Waals surface area contributed by atoms with Gasteiger partial charge in [-0.1, -0.05) is 34.1 Å². The normalized spacial score (nSPS) is 35.1. The number of carbonyl (C=O) groups is 4. The Morgan fingerprint density at radius 3 is 2.24 bits per heavy atom. The Labute approximate surface area is 250 Å². The van der Waals surface area contributed by atoms with Crippen LogP contribution in [-0.2, 0) is 23.9 Å². The summed E-state index contributed by atoms with van der Waals surface area (Å²) in [5, 5.41) is 51.4. The lowest BCUT2D eigenvalue weighted by molar-refractivity contribution is -0.366. The molecule has 0 aromatic rings. The quantitative estimate of drug-likeness (QED) is 0.0914. The number of amides is 3. The highest BCUT2D eigenvalue weighted by molar-refractivity contribution is 8.00. The molecule has 3 fully saturated rings. The zero-order valence-electron chi connectivity index (χ0n) is 25.5.